The van der Waals surface area contributed by atoms with Crippen molar-refractivity contribution >= 4 is 6.29 Å². The zero-order valence-electron chi connectivity index (χ0n) is 14.5. The summed E-state index contributed by atoms with van der Waals surface area (Å²) in [7, 11) is 0. The highest BCUT2D eigenvalue weighted by Crippen LogP contribution is 2.33. The smallest absolute Gasteiger partial charge is 0.254 e. The number of aromatic nitrogens is 3. The Kier molecular flexibility index (Phi) is 4.49. The summed E-state index contributed by atoms with van der Waals surface area (Å²) in [5.41, 5.74) is 2.79. The molecule has 134 valence electrons. The standard InChI is InChI=1S/C20H15N3O4/c1-13-18(19(23-27-13)15-5-3-2-4-6-15)20-22-21-17(26-20)12-25-16-9-7-14(11-24)8-10-16/h2-11H,12H2,1H3. The fourth-order valence-corrected chi connectivity index (χ4v) is 2.62. The first-order chi connectivity index (χ1) is 13.2. The Labute approximate surface area is 154 Å². The van der Waals surface area contributed by atoms with E-state index in [4.69, 9.17) is 13.7 Å². The van der Waals surface area contributed by atoms with Crippen molar-refractivity contribution in [3.63, 3.8) is 0 Å². The Balaban J connectivity index is 1.54. The molecule has 7 nitrogen and oxygen atoms in total. The summed E-state index contributed by atoms with van der Waals surface area (Å²) < 4.78 is 16.7. The van der Waals surface area contributed by atoms with Gasteiger partial charge in [0.25, 0.3) is 11.8 Å². The molecule has 0 aliphatic heterocycles. The van der Waals surface area contributed by atoms with Crippen molar-refractivity contribution in [1.29, 1.82) is 0 Å². The van der Waals surface area contributed by atoms with E-state index in [0.717, 1.165) is 11.8 Å². The number of ether oxygens (including phenoxy) is 1. The normalized spacial score (nSPS) is 10.7. The van der Waals surface area contributed by atoms with Crippen LogP contribution in [0, 0.1) is 6.92 Å². The second kappa shape index (κ2) is 7.25. The van der Waals surface area contributed by atoms with E-state index < -0.39 is 0 Å². The van der Waals surface area contributed by atoms with Gasteiger partial charge in [-0.15, -0.1) is 10.2 Å². The highest BCUT2D eigenvalue weighted by atomic mass is 16.5. The second-order valence-electron chi connectivity index (χ2n) is 5.80. The first kappa shape index (κ1) is 16.7. The van der Waals surface area contributed by atoms with Gasteiger partial charge in [0.2, 0.25) is 0 Å². The third-order valence-electron chi connectivity index (χ3n) is 3.97. The number of rotatable bonds is 6. The molecule has 0 saturated carbocycles. The molecule has 0 saturated heterocycles. The van der Waals surface area contributed by atoms with E-state index >= 15 is 0 Å². The van der Waals surface area contributed by atoms with E-state index in [1.165, 1.54) is 0 Å². The summed E-state index contributed by atoms with van der Waals surface area (Å²) in [4.78, 5) is 10.7. The molecule has 0 amide bonds. The summed E-state index contributed by atoms with van der Waals surface area (Å²) in [5, 5.41) is 12.3. The molecular formula is C20H15N3O4. The third-order valence-corrected chi connectivity index (χ3v) is 3.97. The van der Waals surface area contributed by atoms with Crippen molar-refractivity contribution in [3.8, 4) is 28.5 Å². The van der Waals surface area contributed by atoms with Gasteiger partial charge in [-0.1, -0.05) is 35.5 Å². The van der Waals surface area contributed by atoms with Crippen molar-refractivity contribution in [2.75, 3.05) is 0 Å². The summed E-state index contributed by atoms with van der Waals surface area (Å²) in [6.07, 6.45) is 0.777. The highest BCUT2D eigenvalue weighted by molar-refractivity contribution is 5.77. The SMILES string of the molecule is Cc1onc(-c2ccccc2)c1-c1nnc(COc2ccc(C=O)cc2)o1. The molecule has 7 heteroatoms. The lowest BCUT2D eigenvalue weighted by molar-refractivity contribution is 0.112. The highest BCUT2D eigenvalue weighted by Gasteiger charge is 2.22. The average molecular weight is 361 g/mol. The van der Waals surface area contributed by atoms with Crippen LogP contribution < -0.4 is 4.74 Å². The van der Waals surface area contributed by atoms with Gasteiger partial charge in [0.05, 0.1) is 0 Å². The van der Waals surface area contributed by atoms with Gasteiger partial charge in [-0.05, 0) is 31.2 Å². The van der Waals surface area contributed by atoms with Crippen LogP contribution in [0.1, 0.15) is 22.0 Å². The third kappa shape index (κ3) is 3.48. The molecule has 27 heavy (non-hydrogen) atoms. The van der Waals surface area contributed by atoms with E-state index in [0.29, 0.717) is 40.1 Å². The van der Waals surface area contributed by atoms with E-state index in [1.807, 2.05) is 30.3 Å². The number of carbonyl (C=O) groups excluding carboxylic acids is 1. The Hall–Kier alpha value is -3.74. The maximum absolute atomic E-state index is 10.7. The van der Waals surface area contributed by atoms with E-state index in [9.17, 15) is 4.79 Å². The molecule has 0 fully saturated rings. The van der Waals surface area contributed by atoms with Gasteiger partial charge in [0.15, 0.2) is 6.61 Å². The van der Waals surface area contributed by atoms with Gasteiger partial charge >= 0.3 is 0 Å². The predicted octanol–water partition coefficient (Wildman–Crippen LogP) is 4.09. The minimum absolute atomic E-state index is 0.110. The van der Waals surface area contributed by atoms with Crippen LogP contribution >= 0.6 is 0 Å². The van der Waals surface area contributed by atoms with E-state index in [1.54, 1.807) is 31.2 Å². The van der Waals surface area contributed by atoms with Gasteiger partial charge < -0.3 is 13.7 Å². The van der Waals surface area contributed by atoms with Crippen molar-refractivity contribution in [2.24, 2.45) is 0 Å². The van der Waals surface area contributed by atoms with E-state index in [2.05, 4.69) is 15.4 Å². The van der Waals surface area contributed by atoms with Gasteiger partial charge in [-0.2, -0.15) is 0 Å². The average Bonchev–Trinajstić information content (AvgIpc) is 3.33. The number of aryl methyl sites for hydroxylation is 1. The first-order valence-corrected chi connectivity index (χ1v) is 8.27. The molecule has 0 radical (unpaired) electrons. The lowest BCUT2D eigenvalue weighted by Gasteiger charge is -2.02. The summed E-state index contributed by atoms with van der Waals surface area (Å²) in [6.45, 7) is 1.90. The van der Waals surface area contributed by atoms with Crippen LogP contribution in [0.3, 0.4) is 0 Å². The van der Waals surface area contributed by atoms with Crippen LogP contribution in [-0.2, 0) is 6.61 Å². The van der Waals surface area contributed by atoms with Gasteiger partial charge in [0.1, 0.15) is 29.1 Å². The monoisotopic (exact) mass is 361 g/mol. The van der Waals surface area contributed by atoms with Crippen molar-refractivity contribution in [2.45, 2.75) is 13.5 Å². The Morgan fingerprint density at radius 3 is 2.56 bits per heavy atom. The predicted molar refractivity (Wildman–Crippen MR) is 96.1 cm³/mol. The summed E-state index contributed by atoms with van der Waals surface area (Å²) in [5.74, 6) is 1.84. The molecule has 0 bridgehead atoms. The number of aldehydes is 1. The molecule has 2 heterocycles. The number of hydrogen-bond donors (Lipinski definition) is 0. The second-order valence-corrected chi connectivity index (χ2v) is 5.80. The van der Waals surface area contributed by atoms with E-state index in [-0.39, 0.29) is 6.61 Å². The van der Waals surface area contributed by atoms with Crippen LogP contribution in [0.2, 0.25) is 0 Å². The molecule has 0 unspecified atom stereocenters. The van der Waals surface area contributed by atoms with Crippen LogP contribution in [0.4, 0.5) is 0 Å². The largest absolute Gasteiger partial charge is 0.484 e. The van der Waals surface area contributed by atoms with Crippen molar-refractivity contribution in [3.05, 3.63) is 71.8 Å². The van der Waals surface area contributed by atoms with Gasteiger partial charge in [-0.25, -0.2) is 0 Å². The topological polar surface area (TPSA) is 91.3 Å². The molecule has 4 rings (SSSR count). The van der Waals surface area contributed by atoms with Crippen LogP contribution in [0.25, 0.3) is 22.7 Å². The van der Waals surface area contributed by atoms with Crippen molar-refractivity contribution in [1.82, 2.24) is 15.4 Å². The first-order valence-electron chi connectivity index (χ1n) is 8.27. The molecule has 0 spiro atoms. The van der Waals surface area contributed by atoms with Crippen LogP contribution in [0.5, 0.6) is 5.75 Å². The maximum atomic E-state index is 10.7. The maximum Gasteiger partial charge on any atom is 0.254 e. The summed E-state index contributed by atoms with van der Waals surface area (Å²) >= 11 is 0. The van der Waals surface area contributed by atoms with Crippen LogP contribution in [0.15, 0.2) is 63.5 Å². The fraction of sp³-hybridized carbons (Fsp3) is 0.100. The lowest BCUT2D eigenvalue weighted by Crippen LogP contribution is -1.95. The van der Waals surface area contributed by atoms with Gasteiger partial charge in [0, 0.05) is 11.1 Å². The minimum atomic E-state index is 0.110. The number of hydrogen-bond acceptors (Lipinski definition) is 7. The van der Waals surface area contributed by atoms with Gasteiger partial charge in [-0.3, -0.25) is 4.79 Å². The lowest BCUT2D eigenvalue weighted by atomic mass is 10.1. The molecule has 0 aliphatic carbocycles. The molecule has 0 N–H and O–H groups in total. The fourth-order valence-electron chi connectivity index (χ4n) is 2.62. The molecule has 0 aliphatic rings. The van der Waals surface area contributed by atoms with Crippen LogP contribution in [-0.4, -0.2) is 21.6 Å². The Morgan fingerprint density at radius 2 is 1.81 bits per heavy atom. The minimum Gasteiger partial charge on any atom is -0.484 e. The number of carbonyl (C=O) groups is 1. The summed E-state index contributed by atoms with van der Waals surface area (Å²) in [6, 6.07) is 16.4. The molecule has 4 aromatic rings. The molecule has 0 atom stereocenters. The number of benzene rings is 2. The zero-order valence-corrected chi connectivity index (χ0v) is 14.5. The quantitative estimate of drug-likeness (QED) is 0.478. The molecular weight excluding hydrogens is 346 g/mol. The zero-order chi connectivity index (χ0) is 18.6. The molecule has 2 aromatic heterocycles. The molecule has 2 aromatic carbocycles. The van der Waals surface area contributed by atoms with Crippen molar-refractivity contribution < 1.29 is 18.5 Å². The Bertz CT molecular complexity index is 1050. The Morgan fingerprint density at radius 1 is 1.04 bits per heavy atom. The number of nitrogens with zero attached hydrogens (tertiary/aromatic N) is 3.